The van der Waals surface area contributed by atoms with E-state index in [9.17, 15) is 9.90 Å². The van der Waals surface area contributed by atoms with E-state index in [0.29, 0.717) is 18.1 Å². The van der Waals surface area contributed by atoms with Crippen molar-refractivity contribution in [1.82, 2.24) is 4.90 Å². The molecule has 2 aliphatic carbocycles. The molecule has 0 aromatic heterocycles. The van der Waals surface area contributed by atoms with Gasteiger partial charge in [0.05, 0.1) is 17.6 Å². The molecule has 1 amide bonds. The van der Waals surface area contributed by atoms with Crippen LogP contribution in [0.3, 0.4) is 0 Å². The van der Waals surface area contributed by atoms with Crippen LogP contribution in [0.4, 0.5) is 0 Å². The zero-order chi connectivity index (χ0) is 17.7. The SMILES string of the molecule is CO[C@@H]1C[C@H](O)C12CCN(C(=O)C1(c3ccc(Cl)cc3)CCC1)CC2. The summed E-state index contributed by atoms with van der Waals surface area (Å²) in [5.74, 6) is 0.249. The highest BCUT2D eigenvalue weighted by molar-refractivity contribution is 6.30. The van der Waals surface area contributed by atoms with Gasteiger partial charge in [-0.3, -0.25) is 4.79 Å². The average molecular weight is 364 g/mol. The van der Waals surface area contributed by atoms with Crippen LogP contribution >= 0.6 is 11.6 Å². The second-order valence-electron chi connectivity index (χ2n) is 7.94. The van der Waals surface area contributed by atoms with Gasteiger partial charge < -0.3 is 14.7 Å². The first kappa shape index (κ1) is 17.3. The molecule has 0 unspecified atom stereocenters. The third kappa shape index (κ3) is 2.53. The number of nitrogens with zero attached hydrogens (tertiary/aromatic N) is 1. The number of ether oxygens (including phenoxy) is 1. The molecule has 1 aliphatic heterocycles. The third-order valence-electron chi connectivity index (χ3n) is 7.02. The van der Waals surface area contributed by atoms with E-state index >= 15 is 0 Å². The van der Waals surface area contributed by atoms with Crippen molar-refractivity contribution >= 4 is 17.5 Å². The molecule has 1 aromatic carbocycles. The Bertz CT molecular complexity index is 647. The fraction of sp³-hybridized carbons (Fsp3) is 0.650. The van der Waals surface area contributed by atoms with E-state index in [1.165, 1.54) is 0 Å². The van der Waals surface area contributed by atoms with Crippen LogP contribution in [0.1, 0.15) is 44.1 Å². The fourth-order valence-electron chi connectivity index (χ4n) is 5.07. The molecule has 2 atom stereocenters. The number of methoxy groups -OCH3 is 1. The molecule has 2 saturated carbocycles. The van der Waals surface area contributed by atoms with Gasteiger partial charge in [-0.1, -0.05) is 30.2 Å². The minimum Gasteiger partial charge on any atom is -0.392 e. The lowest BCUT2D eigenvalue weighted by Gasteiger charge is -2.57. The van der Waals surface area contributed by atoms with Crippen molar-refractivity contribution in [2.24, 2.45) is 5.41 Å². The number of hydrogen-bond donors (Lipinski definition) is 1. The summed E-state index contributed by atoms with van der Waals surface area (Å²) in [6.07, 6.45) is 5.15. The Labute approximate surface area is 154 Å². The van der Waals surface area contributed by atoms with E-state index in [-0.39, 0.29) is 28.9 Å². The number of carbonyl (C=O) groups excluding carboxylic acids is 1. The first-order valence-corrected chi connectivity index (χ1v) is 9.66. The molecule has 1 saturated heterocycles. The summed E-state index contributed by atoms with van der Waals surface area (Å²) >= 11 is 6.02. The van der Waals surface area contributed by atoms with Crippen LogP contribution in [0.25, 0.3) is 0 Å². The predicted molar refractivity (Wildman–Crippen MR) is 96.6 cm³/mol. The molecular formula is C20H26ClNO3. The van der Waals surface area contributed by atoms with Crippen molar-refractivity contribution in [2.75, 3.05) is 20.2 Å². The maximum Gasteiger partial charge on any atom is 0.233 e. The van der Waals surface area contributed by atoms with Crippen molar-refractivity contribution < 1.29 is 14.6 Å². The highest BCUT2D eigenvalue weighted by atomic mass is 35.5. The smallest absolute Gasteiger partial charge is 0.233 e. The lowest BCUT2D eigenvalue weighted by molar-refractivity contribution is -0.203. The second kappa shape index (κ2) is 6.26. The summed E-state index contributed by atoms with van der Waals surface area (Å²) in [7, 11) is 1.72. The summed E-state index contributed by atoms with van der Waals surface area (Å²) in [5, 5.41) is 11.0. The molecule has 1 spiro atoms. The summed E-state index contributed by atoms with van der Waals surface area (Å²) < 4.78 is 5.55. The quantitative estimate of drug-likeness (QED) is 0.897. The average Bonchev–Trinajstić information content (AvgIpc) is 2.60. The van der Waals surface area contributed by atoms with Gasteiger partial charge in [0, 0.05) is 37.1 Å². The Morgan fingerprint density at radius 1 is 1.20 bits per heavy atom. The van der Waals surface area contributed by atoms with Gasteiger partial charge in [-0.2, -0.15) is 0 Å². The molecule has 1 N–H and O–H groups in total. The minimum absolute atomic E-state index is 0.133. The molecule has 0 radical (unpaired) electrons. The Balaban J connectivity index is 1.49. The van der Waals surface area contributed by atoms with Gasteiger partial charge in [-0.25, -0.2) is 0 Å². The second-order valence-corrected chi connectivity index (χ2v) is 8.38. The van der Waals surface area contributed by atoms with E-state index in [2.05, 4.69) is 0 Å². The van der Waals surface area contributed by atoms with Crippen molar-refractivity contribution in [3.05, 3.63) is 34.9 Å². The molecule has 3 aliphatic rings. The number of likely N-dealkylation sites (tertiary alicyclic amines) is 1. The molecule has 4 nitrogen and oxygen atoms in total. The van der Waals surface area contributed by atoms with Crippen molar-refractivity contribution in [3.63, 3.8) is 0 Å². The summed E-state index contributed by atoms with van der Waals surface area (Å²) in [6, 6.07) is 7.76. The lowest BCUT2D eigenvalue weighted by atomic mass is 9.58. The maximum atomic E-state index is 13.3. The number of benzene rings is 1. The first-order valence-electron chi connectivity index (χ1n) is 9.28. The number of aliphatic hydroxyl groups excluding tert-OH is 1. The number of halogens is 1. The number of amides is 1. The van der Waals surface area contributed by atoms with Crippen LogP contribution < -0.4 is 0 Å². The van der Waals surface area contributed by atoms with Gasteiger partial charge in [0.25, 0.3) is 0 Å². The molecule has 5 heteroatoms. The Morgan fingerprint density at radius 3 is 2.32 bits per heavy atom. The lowest BCUT2D eigenvalue weighted by Crippen LogP contribution is -2.63. The topological polar surface area (TPSA) is 49.8 Å². The largest absolute Gasteiger partial charge is 0.392 e. The monoisotopic (exact) mass is 363 g/mol. The third-order valence-corrected chi connectivity index (χ3v) is 7.27. The van der Waals surface area contributed by atoms with E-state index < -0.39 is 0 Å². The Kier molecular flexibility index (Phi) is 4.33. The van der Waals surface area contributed by atoms with Gasteiger partial charge in [-0.05, 0) is 43.4 Å². The minimum atomic E-state index is -0.367. The molecule has 3 fully saturated rings. The Hall–Kier alpha value is -1.10. The van der Waals surface area contributed by atoms with Gasteiger partial charge >= 0.3 is 0 Å². The standard InChI is InChI=1S/C20H26ClNO3/c1-25-17-13-16(23)20(17)9-11-22(12-10-20)18(24)19(7-2-8-19)14-3-5-15(21)6-4-14/h3-6,16-17,23H,2,7-13H2,1H3/t16-,17+/m0/s1. The van der Waals surface area contributed by atoms with Crippen molar-refractivity contribution in [1.29, 1.82) is 0 Å². The van der Waals surface area contributed by atoms with Crippen LogP contribution in [-0.4, -0.2) is 48.3 Å². The molecule has 0 bridgehead atoms. The normalized spacial score (nSPS) is 29.8. The van der Waals surface area contributed by atoms with Crippen molar-refractivity contribution in [3.8, 4) is 0 Å². The van der Waals surface area contributed by atoms with E-state index in [1.54, 1.807) is 7.11 Å². The molecule has 1 aromatic rings. The van der Waals surface area contributed by atoms with E-state index in [1.807, 2.05) is 29.2 Å². The molecular weight excluding hydrogens is 338 g/mol. The zero-order valence-electron chi connectivity index (χ0n) is 14.7. The van der Waals surface area contributed by atoms with Crippen LogP contribution in [0, 0.1) is 5.41 Å². The van der Waals surface area contributed by atoms with Gasteiger partial charge in [0.15, 0.2) is 0 Å². The van der Waals surface area contributed by atoms with Gasteiger partial charge in [0.1, 0.15) is 0 Å². The number of aliphatic hydroxyl groups is 1. The maximum absolute atomic E-state index is 13.3. The number of hydrogen-bond acceptors (Lipinski definition) is 3. The predicted octanol–water partition coefficient (Wildman–Crippen LogP) is 3.15. The van der Waals surface area contributed by atoms with Crippen molar-refractivity contribution in [2.45, 2.75) is 56.1 Å². The van der Waals surface area contributed by atoms with Crippen LogP contribution in [0.2, 0.25) is 5.02 Å². The Morgan fingerprint density at radius 2 is 1.84 bits per heavy atom. The van der Waals surface area contributed by atoms with Gasteiger partial charge in [-0.15, -0.1) is 0 Å². The summed E-state index contributed by atoms with van der Waals surface area (Å²) in [5.41, 5.74) is 0.582. The highest BCUT2D eigenvalue weighted by Crippen LogP contribution is 2.52. The molecule has 4 rings (SSSR count). The fourth-order valence-corrected chi connectivity index (χ4v) is 5.19. The summed E-state index contributed by atoms with van der Waals surface area (Å²) in [6.45, 7) is 1.43. The zero-order valence-corrected chi connectivity index (χ0v) is 15.5. The summed E-state index contributed by atoms with van der Waals surface area (Å²) in [4.78, 5) is 15.3. The van der Waals surface area contributed by atoms with Crippen LogP contribution in [0.15, 0.2) is 24.3 Å². The van der Waals surface area contributed by atoms with E-state index in [4.69, 9.17) is 16.3 Å². The van der Waals surface area contributed by atoms with Crippen LogP contribution in [-0.2, 0) is 14.9 Å². The van der Waals surface area contributed by atoms with E-state index in [0.717, 1.165) is 44.1 Å². The first-order chi connectivity index (χ1) is 12.0. The number of rotatable bonds is 3. The van der Waals surface area contributed by atoms with Gasteiger partial charge in [0.2, 0.25) is 5.91 Å². The van der Waals surface area contributed by atoms with Crippen LogP contribution in [0.5, 0.6) is 0 Å². The number of carbonyl (C=O) groups is 1. The molecule has 25 heavy (non-hydrogen) atoms. The molecule has 1 heterocycles. The molecule has 136 valence electrons. The number of piperidine rings is 1. The highest BCUT2D eigenvalue weighted by Gasteiger charge is 2.57.